The largest absolute Gasteiger partial charge is 0.347 e. The molecule has 0 aliphatic heterocycles. The van der Waals surface area contributed by atoms with Crippen molar-refractivity contribution in [2.24, 2.45) is 7.05 Å². The first kappa shape index (κ1) is 19.1. The van der Waals surface area contributed by atoms with E-state index in [4.69, 9.17) is 4.98 Å². The van der Waals surface area contributed by atoms with Crippen molar-refractivity contribution in [1.82, 2.24) is 14.1 Å². The van der Waals surface area contributed by atoms with Gasteiger partial charge < -0.3 is 4.57 Å². The van der Waals surface area contributed by atoms with Gasteiger partial charge in [0, 0.05) is 29.2 Å². The van der Waals surface area contributed by atoms with Gasteiger partial charge in [-0.15, -0.1) is 0 Å². The Balaban J connectivity index is 1.77. The summed E-state index contributed by atoms with van der Waals surface area (Å²) in [5.74, 6) is 0.613. The molecule has 31 heavy (non-hydrogen) atoms. The molecule has 0 saturated carbocycles. The summed E-state index contributed by atoms with van der Waals surface area (Å²) in [7, 11) is 2.08. The number of aryl methyl sites for hydroxylation is 2. The van der Waals surface area contributed by atoms with Crippen LogP contribution in [-0.2, 0) is 7.05 Å². The second-order valence-electron chi connectivity index (χ2n) is 7.88. The highest BCUT2D eigenvalue weighted by atomic mass is 16.1. The van der Waals surface area contributed by atoms with Crippen molar-refractivity contribution in [2.75, 3.05) is 0 Å². The maximum atomic E-state index is 13.4. The molecule has 0 atom stereocenters. The molecule has 0 fully saturated rings. The fraction of sp³-hybridized carbons (Fsp3) is 0.111. The van der Waals surface area contributed by atoms with Crippen LogP contribution in [-0.4, -0.2) is 14.1 Å². The SMILES string of the molecule is Cc1cccc(-n2c(C=Cc3c(C)n(C)c4ccccc34)nc3ccccc3c2=O)c1. The standard InChI is InChI=1S/C27H23N3O/c1-18-9-8-10-20(17-18)30-26(28-24-13-6-4-12-23(24)27(30)31)16-15-21-19(2)29(3)25-14-7-5-11-22(21)25/h4-17H,1-3H3. The fourth-order valence-corrected chi connectivity index (χ4v) is 4.20. The number of hydrogen-bond acceptors (Lipinski definition) is 2. The van der Waals surface area contributed by atoms with Crippen LogP contribution < -0.4 is 5.56 Å². The molecule has 0 radical (unpaired) electrons. The van der Waals surface area contributed by atoms with Gasteiger partial charge in [0.15, 0.2) is 0 Å². The summed E-state index contributed by atoms with van der Waals surface area (Å²) in [6, 6.07) is 23.8. The molecular weight excluding hydrogens is 382 g/mol. The molecule has 4 nitrogen and oxygen atoms in total. The highest BCUT2D eigenvalue weighted by Crippen LogP contribution is 2.27. The minimum atomic E-state index is -0.0644. The van der Waals surface area contributed by atoms with Gasteiger partial charge in [0.2, 0.25) is 0 Å². The van der Waals surface area contributed by atoms with Gasteiger partial charge in [-0.2, -0.15) is 0 Å². The van der Waals surface area contributed by atoms with Crippen LogP contribution in [0.1, 0.15) is 22.6 Å². The lowest BCUT2D eigenvalue weighted by Crippen LogP contribution is -2.22. The van der Waals surface area contributed by atoms with Crippen LogP contribution in [0, 0.1) is 13.8 Å². The second kappa shape index (κ2) is 7.40. The molecule has 2 heterocycles. The van der Waals surface area contributed by atoms with E-state index in [0.717, 1.165) is 16.8 Å². The topological polar surface area (TPSA) is 39.8 Å². The first-order valence-electron chi connectivity index (χ1n) is 10.4. The Kier molecular flexibility index (Phi) is 4.55. The Morgan fingerprint density at radius 1 is 0.839 bits per heavy atom. The zero-order valence-electron chi connectivity index (χ0n) is 17.8. The van der Waals surface area contributed by atoms with E-state index in [1.807, 2.05) is 61.5 Å². The van der Waals surface area contributed by atoms with Crippen molar-refractivity contribution in [3.05, 3.63) is 106 Å². The molecule has 5 rings (SSSR count). The van der Waals surface area contributed by atoms with Gasteiger partial charge in [0.05, 0.1) is 16.6 Å². The maximum absolute atomic E-state index is 13.4. The van der Waals surface area contributed by atoms with E-state index in [2.05, 4.69) is 48.9 Å². The van der Waals surface area contributed by atoms with Crippen LogP contribution in [0.2, 0.25) is 0 Å². The Labute approximate surface area is 180 Å². The third-order valence-corrected chi connectivity index (χ3v) is 5.91. The number of rotatable bonds is 3. The van der Waals surface area contributed by atoms with Gasteiger partial charge in [0.25, 0.3) is 5.56 Å². The van der Waals surface area contributed by atoms with Crippen LogP contribution in [0.15, 0.2) is 77.6 Å². The van der Waals surface area contributed by atoms with E-state index in [9.17, 15) is 4.79 Å². The third-order valence-electron chi connectivity index (χ3n) is 5.91. The lowest BCUT2D eigenvalue weighted by Gasteiger charge is -2.12. The van der Waals surface area contributed by atoms with Gasteiger partial charge in [-0.25, -0.2) is 4.98 Å². The number of aromatic nitrogens is 3. The van der Waals surface area contributed by atoms with Crippen molar-refractivity contribution in [1.29, 1.82) is 0 Å². The van der Waals surface area contributed by atoms with Crippen LogP contribution in [0.25, 0.3) is 39.6 Å². The third kappa shape index (κ3) is 3.17. The van der Waals surface area contributed by atoms with E-state index in [-0.39, 0.29) is 5.56 Å². The van der Waals surface area contributed by atoms with Gasteiger partial charge in [-0.1, -0.05) is 42.5 Å². The van der Waals surface area contributed by atoms with Crippen molar-refractivity contribution in [2.45, 2.75) is 13.8 Å². The van der Waals surface area contributed by atoms with E-state index in [1.165, 1.54) is 16.6 Å². The van der Waals surface area contributed by atoms with Crippen molar-refractivity contribution in [3.8, 4) is 5.69 Å². The monoisotopic (exact) mass is 405 g/mol. The zero-order chi connectivity index (χ0) is 21.5. The first-order valence-corrected chi connectivity index (χ1v) is 10.4. The van der Waals surface area contributed by atoms with E-state index in [1.54, 1.807) is 4.57 Å². The molecule has 0 aliphatic carbocycles. The highest BCUT2D eigenvalue weighted by molar-refractivity contribution is 5.93. The average molecular weight is 406 g/mol. The number of para-hydroxylation sites is 2. The minimum Gasteiger partial charge on any atom is -0.347 e. The molecule has 2 aromatic heterocycles. The molecular formula is C27H23N3O. The molecule has 0 amide bonds. The summed E-state index contributed by atoms with van der Waals surface area (Å²) in [6.45, 7) is 4.14. The van der Waals surface area contributed by atoms with E-state index >= 15 is 0 Å². The van der Waals surface area contributed by atoms with Gasteiger partial charge >= 0.3 is 0 Å². The van der Waals surface area contributed by atoms with Crippen LogP contribution in [0.3, 0.4) is 0 Å². The molecule has 0 saturated heterocycles. The summed E-state index contributed by atoms with van der Waals surface area (Å²) >= 11 is 0. The summed E-state index contributed by atoms with van der Waals surface area (Å²) in [4.78, 5) is 18.3. The normalized spacial score (nSPS) is 11.7. The second-order valence-corrected chi connectivity index (χ2v) is 7.88. The van der Waals surface area contributed by atoms with Crippen molar-refractivity contribution < 1.29 is 0 Å². The molecule has 0 aliphatic rings. The molecule has 0 unspecified atom stereocenters. The van der Waals surface area contributed by atoms with Crippen LogP contribution in [0.4, 0.5) is 0 Å². The molecule has 0 spiro atoms. The van der Waals surface area contributed by atoms with Gasteiger partial charge in [-0.3, -0.25) is 9.36 Å². The minimum absolute atomic E-state index is 0.0644. The van der Waals surface area contributed by atoms with Gasteiger partial charge in [-0.05, 0) is 61.9 Å². The number of fused-ring (bicyclic) bond motifs is 2. The fourth-order valence-electron chi connectivity index (χ4n) is 4.20. The van der Waals surface area contributed by atoms with E-state index in [0.29, 0.717) is 16.7 Å². The maximum Gasteiger partial charge on any atom is 0.266 e. The molecule has 3 aromatic carbocycles. The quantitative estimate of drug-likeness (QED) is 0.388. The highest BCUT2D eigenvalue weighted by Gasteiger charge is 2.13. The molecule has 0 N–H and O–H groups in total. The smallest absolute Gasteiger partial charge is 0.266 e. The number of nitrogens with zero attached hydrogens (tertiary/aromatic N) is 3. The van der Waals surface area contributed by atoms with Crippen LogP contribution >= 0.6 is 0 Å². The summed E-state index contributed by atoms with van der Waals surface area (Å²) in [5, 5.41) is 1.80. The Morgan fingerprint density at radius 3 is 2.39 bits per heavy atom. The number of benzene rings is 3. The van der Waals surface area contributed by atoms with Crippen molar-refractivity contribution in [3.63, 3.8) is 0 Å². The molecule has 152 valence electrons. The average Bonchev–Trinajstić information content (AvgIpc) is 3.02. The molecule has 0 bridgehead atoms. The van der Waals surface area contributed by atoms with Gasteiger partial charge in [0.1, 0.15) is 5.82 Å². The Morgan fingerprint density at radius 2 is 1.58 bits per heavy atom. The lowest BCUT2D eigenvalue weighted by atomic mass is 10.1. The summed E-state index contributed by atoms with van der Waals surface area (Å²) in [5.41, 5.74) is 6.03. The zero-order valence-corrected chi connectivity index (χ0v) is 17.8. The van der Waals surface area contributed by atoms with Crippen LogP contribution in [0.5, 0.6) is 0 Å². The predicted octanol–water partition coefficient (Wildman–Crippen LogP) is 5.66. The Bertz CT molecular complexity index is 1540. The van der Waals surface area contributed by atoms with E-state index < -0.39 is 0 Å². The summed E-state index contributed by atoms with van der Waals surface area (Å²) < 4.78 is 3.89. The lowest BCUT2D eigenvalue weighted by molar-refractivity contribution is 0.916. The first-order chi connectivity index (χ1) is 15.0. The molecule has 4 heteroatoms. The van der Waals surface area contributed by atoms with Crippen molar-refractivity contribution >= 4 is 34.0 Å². The summed E-state index contributed by atoms with van der Waals surface area (Å²) in [6.07, 6.45) is 4.02. The number of hydrogen-bond donors (Lipinski definition) is 0. The Hall–Kier alpha value is -3.92. The predicted molar refractivity (Wildman–Crippen MR) is 129 cm³/mol. The molecule has 5 aromatic rings.